The number of hydrogen-bond acceptors (Lipinski definition) is 3. The van der Waals surface area contributed by atoms with Gasteiger partial charge >= 0.3 is 0 Å². The maximum Gasteiger partial charge on any atom is 0.192 e. The Morgan fingerprint density at radius 3 is 2.36 bits per heavy atom. The SMILES string of the molecule is CNc1c(N)c(C)c(OI)c(C)c1[NH3+]. The molecule has 0 bridgehead atoms. The Kier molecular flexibility index (Phi) is 3.43. The lowest BCUT2D eigenvalue weighted by molar-refractivity contribution is -0.254. The van der Waals surface area contributed by atoms with Gasteiger partial charge in [-0.05, 0) is 13.8 Å². The van der Waals surface area contributed by atoms with E-state index < -0.39 is 0 Å². The zero-order chi connectivity index (χ0) is 10.9. The lowest BCUT2D eigenvalue weighted by Crippen LogP contribution is -2.42. The van der Waals surface area contributed by atoms with Crippen LogP contribution >= 0.6 is 23.0 Å². The number of rotatable bonds is 2. The van der Waals surface area contributed by atoms with Gasteiger partial charge < -0.3 is 19.9 Å². The summed E-state index contributed by atoms with van der Waals surface area (Å²) in [6.07, 6.45) is 0. The van der Waals surface area contributed by atoms with Crippen molar-refractivity contribution in [2.24, 2.45) is 0 Å². The van der Waals surface area contributed by atoms with Crippen molar-refractivity contribution in [3.8, 4) is 5.75 Å². The molecule has 5 heteroatoms. The number of anilines is 2. The molecule has 14 heavy (non-hydrogen) atoms. The number of nitrogen functional groups attached to an aromatic ring is 1. The van der Waals surface area contributed by atoms with Crippen molar-refractivity contribution in [3.05, 3.63) is 11.1 Å². The summed E-state index contributed by atoms with van der Waals surface area (Å²) in [4.78, 5) is 0. The Hall–Kier alpha value is -0.690. The molecule has 0 amide bonds. The highest BCUT2D eigenvalue weighted by molar-refractivity contribution is 14.1. The van der Waals surface area contributed by atoms with Crippen LogP contribution in [-0.4, -0.2) is 7.05 Å². The van der Waals surface area contributed by atoms with Crippen LogP contribution in [0.25, 0.3) is 0 Å². The first-order valence-corrected chi connectivity index (χ1v) is 5.13. The van der Waals surface area contributed by atoms with E-state index >= 15 is 0 Å². The van der Waals surface area contributed by atoms with Crippen molar-refractivity contribution < 1.29 is 8.80 Å². The van der Waals surface area contributed by atoms with Crippen LogP contribution in [0.4, 0.5) is 17.1 Å². The molecule has 78 valence electrons. The monoisotopic (exact) mass is 308 g/mol. The van der Waals surface area contributed by atoms with Gasteiger partial charge in [-0.15, -0.1) is 0 Å². The van der Waals surface area contributed by atoms with E-state index in [-0.39, 0.29) is 0 Å². The Labute approximate surface area is 97.7 Å². The van der Waals surface area contributed by atoms with Crippen LogP contribution in [0.15, 0.2) is 0 Å². The van der Waals surface area contributed by atoms with Gasteiger partial charge in [0.25, 0.3) is 0 Å². The largest absolute Gasteiger partial charge is 0.427 e. The van der Waals surface area contributed by atoms with Gasteiger partial charge in [0.05, 0.1) is 11.3 Å². The summed E-state index contributed by atoms with van der Waals surface area (Å²) in [5.41, 5.74) is 14.4. The van der Waals surface area contributed by atoms with Gasteiger partial charge in [-0.1, -0.05) is 0 Å². The smallest absolute Gasteiger partial charge is 0.192 e. The number of halogens is 1. The number of hydrogen-bond donors (Lipinski definition) is 3. The molecule has 4 nitrogen and oxygen atoms in total. The molecular weight excluding hydrogens is 293 g/mol. The number of nitrogens with one attached hydrogen (secondary N) is 1. The highest BCUT2D eigenvalue weighted by atomic mass is 127. The predicted molar refractivity (Wildman–Crippen MR) is 67.1 cm³/mol. The lowest BCUT2D eigenvalue weighted by atomic mass is 10.0. The Morgan fingerprint density at radius 1 is 1.36 bits per heavy atom. The quantitative estimate of drug-likeness (QED) is 0.573. The molecule has 0 saturated heterocycles. The topological polar surface area (TPSA) is 74.9 Å². The van der Waals surface area contributed by atoms with Gasteiger partial charge in [-0.25, -0.2) is 0 Å². The fourth-order valence-corrected chi connectivity index (χ4v) is 2.14. The first kappa shape index (κ1) is 11.4. The van der Waals surface area contributed by atoms with E-state index in [0.29, 0.717) is 5.69 Å². The van der Waals surface area contributed by atoms with Crippen molar-refractivity contribution in [1.82, 2.24) is 0 Å². The van der Waals surface area contributed by atoms with Gasteiger partial charge in [0, 0.05) is 12.6 Å². The third-order valence-corrected chi connectivity index (χ3v) is 2.88. The summed E-state index contributed by atoms with van der Waals surface area (Å²) in [6.45, 7) is 3.92. The summed E-state index contributed by atoms with van der Waals surface area (Å²) in [6, 6.07) is 0. The van der Waals surface area contributed by atoms with Gasteiger partial charge in [0.2, 0.25) is 0 Å². The van der Waals surface area contributed by atoms with Crippen LogP contribution in [0, 0.1) is 13.8 Å². The van der Waals surface area contributed by atoms with E-state index in [1.165, 1.54) is 0 Å². The second-order valence-electron chi connectivity index (χ2n) is 3.17. The molecule has 0 aliphatic carbocycles. The first-order chi connectivity index (χ1) is 6.54. The molecule has 0 aliphatic heterocycles. The molecule has 0 fully saturated rings. The molecule has 1 rings (SSSR count). The fourth-order valence-electron chi connectivity index (χ4n) is 1.48. The van der Waals surface area contributed by atoms with E-state index in [1.807, 2.05) is 43.9 Å². The number of nitrogens with two attached hydrogens (primary N) is 1. The van der Waals surface area contributed by atoms with Gasteiger partial charge in [-0.2, -0.15) is 0 Å². The lowest BCUT2D eigenvalue weighted by Gasteiger charge is -2.14. The average molecular weight is 308 g/mol. The maximum absolute atomic E-state index is 5.95. The van der Waals surface area contributed by atoms with E-state index in [9.17, 15) is 0 Å². The molecule has 0 radical (unpaired) electrons. The summed E-state index contributed by atoms with van der Waals surface area (Å²) in [7, 11) is 1.84. The van der Waals surface area contributed by atoms with E-state index in [1.54, 1.807) is 0 Å². The predicted octanol–water partition coefficient (Wildman–Crippen LogP) is 1.53. The first-order valence-electron chi connectivity index (χ1n) is 4.25. The standard InChI is InChI=1S/C9H14IN3O/c1-4-6(11)8(13-3)7(12)5(2)9(4)14-10/h13H,11-12H2,1-3H3/p+1. The molecule has 0 atom stereocenters. The highest BCUT2D eigenvalue weighted by Crippen LogP contribution is 2.39. The molecule has 1 aromatic rings. The molecular formula is C9H15IN3O+. The van der Waals surface area contributed by atoms with Crippen molar-refractivity contribution in [3.63, 3.8) is 0 Å². The van der Waals surface area contributed by atoms with Crippen LogP contribution in [0.2, 0.25) is 0 Å². The second kappa shape index (κ2) is 4.22. The summed E-state index contributed by atoms with van der Waals surface area (Å²) >= 11 is 1.86. The average Bonchev–Trinajstić information content (AvgIpc) is 2.17. The summed E-state index contributed by atoms with van der Waals surface area (Å²) in [5, 5.41) is 3.05. The number of quaternary nitrogens is 1. The molecule has 0 heterocycles. The van der Waals surface area contributed by atoms with Crippen LogP contribution in [0.3, 0.4) is 0 Å². The molecule has 0 aliphatic rings. The van der Waals surface area contributed by atoms with E-state index in [0.717, 1.165) is 28.3 Å². The van der Waals surface area contributed by atoms with Crippen LogP contribution in [0.5, 0.6) is 5.75 Å². The van der Waals surface area contributed by atoms with Crippen molar-refractivity contribution in [2.45, 2.75) is 13.8 Å². The third kappa shape index (κ3) is 1.61. The summed E-state index contributed by atoms with van der Waals surface area (Å²) in [5.74, 6) is 0.812. The molecule has 0 unspecified atom stereocenters. The Morgan fingerprint density at radius 2 is 1.93 bits per heavy atom. The van der Waals surface area contributed by atoms with Crippen molar-refractivity contribution in [1.29, 1.82) is 0 Å². The minimum Gasteiger partial charge on any atom is -0.427 e. The fraction of sp³-hybridized carbons (Fsp3) is 0.333. The highest BCUT2D eigenvalue weighted by Gasteiger charge is 2.18. The van der Waals surface area contributed by atoms with Crippen molar-refractivity contribution >= 4 is 40.1 Å². The zero-order valence-electron chi connectivity index (χ0n) is 8.57. The van der Waals surface area contributed by atoms with Crippen molar-refractivity contribution in [2.75, 3.05) is 18.1 Å². The van der Waals surface area contributed by atoms with Gasteiger partial charge in [-0.3, -0.25) is 0 Å². The number of benzene rings is 1. The summed E-state index contributed by atoms with van der Waals surface area (Å²) < 4.78 is 5.26. The van der Waals surface area contributed by atoms with Crippen LogP contribution < -0.4 is 19.9 Å². The Balaban J connectivity index is 3.55. The molecule has 0 spiro atoms. The zero-order valence-corrected chi connectivity index (χ0v) is 10.7. The van der Waals surface area contributed by atoms with Crippen LogP contribution in [-0.2, 0) is 0 Å². The second-order valence-corrected chi connectivity index (χ2v) is 3.61. The normalized spacial score (nSPS) is 10.1. The molecule has 0 aromatic heterocycles. The van der Waals surface area contributed by atoms with Gasteiger partial charge in [0.1, 0.15) is 11.4 Å². The minimum absolute atomic E-state index is 0.703. The maximum atomic E-state index is 5.95. The van der Waals surface area contributed by atoms with Gasteiger partial charge in [0.15, 0.2) is 28.7 Å². The van der Waals surface area contributed by atoms with E-state index in [4.69, 9.17) is 8.80 Å². The molecule has 6 N–H and O–H groups in total. The molecule has 0 saturated carbocycles. The van der Waals surface area contributed by atoms with E-state index in [2.05, 4.69) is 11.1 Å². The minimum atomic E-state index is 0.703. The molecule has 1 aromatic carbocycles. The third-order valence-electron chi connectivity index (χ3n) is 2.44. The Bertz CT molecular complexity index is 302. The van der Waals surface area contributed by atoms with Crippen LogP contribution in [0.1, 0.15) is 11.1 Å².